The fraction of sp³-hybridized carbons (Fsp3) is 0.647. The first kappa shape index (κ1) is 55.0. The average Bonchev–Trinajstić information content (AvgIpc) is 3.64. The number of fused-ring (bicyclic) bond motifs is 2. The summed E-state index contributed by atoms with van der Waals surface area (Å²) >= 11 is 14.3. The summed E-state index contributed by atoms with van der Waals surface area (Å²) in [5, 5.41) is 15.9. The number of thioether (sulfide) groups is 2. The van der Waals surface area contributed by atoms with Crippen LogP contribution in [0.5, 0.6) is 0 Å². The van der Waals surface area contributed by atoms with Crippen molar-refractivity contribution in [3.05, 3.63) is 71.8 Å². The number of nitrogens with one attached hydrogen (secondary N) is 5. The Morgan fingerprint density at radius 3 is 1.81 bits per heavy atom. The molecule has 2 aromatic carbocycles. The number of nitrogens with two attached hydrogens (primary N) is 1. The van der Waals surface area contributed by atoms with Gasteiger partial charge < -0.3 is 51.6 Å². The molecule has 0 spiro atoms. The number of hydrogen-bond donors (Lipinski definition) is 6. The molecular formula is C51H76N8O6S4. The maximum absolute atomic E-state index is 14.4. The van der Waals surface area contributed by atoms with Gasteiger partial charge in [0.1, 0.15) is 18.1 Å². The summed E-state index contributed by atoms with van der Waals surface area (Å²) < 4.78 is 12.5. The van der Waals surface area contributed by atoms with Gasteiger partial charge in [-0.2, -0.15) is 0 Å². The van der Waals surface area contributed by atoms with E-state index in [1.807, 2.05) is 84.6 Å². The molecule has 2 aromatic rings. The van der Waals surface area contributed by atoms with E-state index in [-0.39, 0.29) is 58.4 Å². The number of carbonyl (C=O) groups excluding carboxylic acids is 4. The van der Waals surface area contributed by atoms with E-state index in [9.17, 15) is 19.2 Å². The Morgan fingerprint density at radius 2 is 1.30 bits per heavy atom. The second-order valence-electron chi connectivity index (χ2n) is 20.3. The Bertz CT molecular complexity index is 2050. The first-order valence-corrected chi connectivity index (χ1v) is 27.6. The van der Waals surface area contributed by atoms with E-state index in [1.165, 1.54) is 0 Å². The highest BCUT2D eigenvalue weighted by atomic mass is 32.2. The molecule has 0 radical (unpaired) electrons. The minimum atomic E-state index is -0.639. The summed E-state index contributed by atoms with van der Waals surface area (Å²) in [5.41, 5.74) is 7.02. The van der Waals surface area contributed by atoms with E-state index in [2.05, 4.69) is 54.3 Å². The van der Waals surface area contributed by atoms with Crippen molar-refractivity contribution in [2.24, 2.45) is 22.5 Å². The number of carbonyl (C=O) groups is 4. The second-order valence-corrected chi connectivity index (χ2v) is 23.8. The zero-order valence-corrected chi connectivity index (χ0v) is 44.6. The van der Waals surface area contributed by atoms with E-state index in [0.717, 1.165) is 61.2 Å². The minimum Gasteiger partial charge on any atom is -0.392 e. The lowest BCUT2D eigenvalue weighted by atomic mass is 9.83. The van der Waals surface area contributed by atoms with Crippen LogP contribution in [0.15, 0.2) is 60.7 Å². The highest BCUT2D eigenvalue weighted by Gasteiger charge is 2.55. The molecule has 4 aliphatic rings. The van der Waals surface area contributed by atoms with Gasteiger partial charge >= 0.3 is 0 Å². The summed E-state index contributed by atoms with van der Waals surface area (Å²) in [7, 11) is 3.65. The molecule has 4 heterocycles. The normalized spacial score (nSPS) is 25.4. The predicted octanol–water partition coefficient (Wildman–Crippen LogP) is 5.86. The molecule has 9 atom stereocenters. The van der Waals surface area contributed by atoms with Gasteiger partial charge in [0.2, 0.25) is 23.6 Å². The predicted molar refractivity (Wildman–Crippen MR) is 286 cm³/mol. The third-order valence-electron chi connectivity index (χ3n) is 14.0. The third-order valence-corrected chi connectivity index (χ3v) is 17.2. The van der Waals surface area contributed by atoms with Crippen LogP contribution in [0.1, 0.15) is 109 Å². The molecule has 4 saturated heterocycles. The van der Waals surface area contributed by atoms with Crippen LogP contribution in [0.3, 0.4) is 0 Å². The van der Waals surface area contributed by atoms with Gasteiger partial charge in [-0.3, -0.25) is 19.2 Å². The smallest absolute Gasteiger partial charge is 0.246 e. The number of nitrogens with zero attached hydrogens (tertiary/aromatic N) is 2. The molecule has 7 N–H and O–H groups in total. The Labute approximate surface area is 429 Å². The van der Waals surface area contributed by atoms with Crippen molar-refractivity contribution in [2.75, 3.05) is 58.6 Å². The number of rotatable bonds is 24. The van der Waals surface area contributed by atoms with Gasteiger partial charge in [-0.25, -0.2) is 0 Å². The number of benzene rings is 2. The molecule has 4 amide bonds. The van der Waals surface area contributed by atoms with Crippen molar-refractivity contribution in [3.8, 4) is 0 Å². The molecule has 6 rings (SSSR count). The van der Waals surface area contributed by atoms with Crippen LogP contribution < -0.4 is 32.3 Å². The lowest BCUT2D eigenvalue weighted by molar-refractivity contribution is -0.142. The molecule has 18 heteroatoms. The molecule has 69 heavy (non-hydrogen) atoms. The molecule has 380 valence electrons. The van der Waals surface area contributed by atoms with E-state index in [0.29, 0.717) is 62.2 Å². The van der Waals surface area contributed by atoms with Gasteiger partial charge in [-0.1, -0.05) is 126 Å². The van der Waals surface area contributed by atoms with Crippen LogP contribution in [0.4, 0.5) is 0 Å². The maximum Gasteiger partial charge on any atom is 0.246 e. The van der Waals surface area contributed by atoms with Crippen molar-refractivity contribution >= 4 is 81.6 Å². The van der Waals surface area contributed by atoms with Crippen LogP contribution in [-0.2, 0) is 28.7 Å². The van der Waals surface area contributed by atoms with Gasteiger partial charge in [0.15, 0.2) is 0 Å². The van der Waals surface area contributed by atoms with Gasteiger partial charge in [-0.15, -0.1) is 23.5 Å². The summed E-state index contributed by atoms with van der Waals surface area (Å²) in [6.07, 6.45) is 6.72. The highest BCUT2D eigenvalue weighted by molar-refractivity contribution is 8.00. The molecule has 1 unspecified atom stereocenters. The number of ether oxygens (including phenoxy) is 2. The fourth-order valence-corrected chi connectivity index (χ4v) is 14.2. The van der Waals surface area contributed by atoms with Crippen molar-refractivity contribution in [1.82, 2.24) is 36.4 Å². The third kappa shape index (κ3) is 14.6. The molecule has 0 aromatic heterocycles. The number of unbranched alkanes of at least 4 members (excludes halogenated alkanes) is 3. The quantitative estimate of drug-likeness (QED) is 0.0544. The first-order valence-electron chi connectivity index (χ1n) is 24.7. The molecule has 0 aliphatic carbocycles. The molecule has 4 aliphatic heterocycles. The Morgan fingerprint density at radius 1 is 0.783 bits per heavy atom. The summed E-state index contributed by atoms with van der Waals surface area (Å²) in [6.45, 7) is 10.5. The van der Waals surface area contributed by atoms with Gasteiger partial charge in [0, 0.05) is 26.2 Å². The number of likely N-dealkylation sites (N-methyl/N-ethyl adjacent to an activating group) is 2. The zero-order valence-electron chi connectivity index (χ0n) is 41.3. The van der Waals surface area contributed by atoms with Crippen LogP contribution in [0.2, 0.25) is 0 Å². The van der Waals surface area contributed by atoms with Crippen molar-refractivity contribution in [3.63, 3.8) is 0 Å². The van der Waals surface area contributed by atoms with Gasteiger partial charge in [-0.05, 0) is 92.0 Å². The summed E-state index contributed by atoms with van der Waals surface area (Å²) in [5.74, 6) is 1.29. The molecule has 4 fully saturated rings. The van der Waals surface area contributed by atoms with E-state index >= 15 is 0 Å². The summed E-state index contributed by atoms with van der Waals surface area (Å²) in [4.78, 5) is 61.4. The standard InChI is InChI=1S/C51H76N8O6S4/c1-50(2)27-42-58(41(60)26-33(32-69-42)25-37(54-6)46(52)67)44(50)47(61)56-38(34-17-11-9-12-18-34)30-64-22-15-7-8-16-23-65-31-39(35-19-13-10-14-20-35)57-48(62)45-51(3,4)28-43-59(45)49(63)36(21-24-68-43)55-40(66)29-53-5/h9-14,17-20,33,36-39,42-45,53-54H,7-8,15-16,21-32H2,1-6H3,(H2,52,67)(H,55,66)(H,56,61)(H,57,62)/t33?,36-,37-,38+,39+,42-,43-,44+,45+/m0/s1. The Kier molecular flexibility index (Phi) is 20.6. The fourth-order valence-electron chi connectivity index (χ4n) is 10.4. The lowest BCUT2D eigenvalue weighted by Gasteiger charge is -2.35. The second kappa shape index (κ2) is 25.8. The van der Waals surface area contributed by atoms with Crippen LogP contribution in [-0.4, -0.2) is 137 Å². The van der Waals surface area contributed by atoms with Crippen molar-refractivity contribution in [1.29, 1.82) is 0 Å². The minimum absolute atomic E-state index is 0.000641. The monoisotopic (exact) mass is 1020 g/mol. The van der Waals surface area contributed by atoms with Gasteiger partial charge in [0.25, 0.3) is 0 Å². The Hall–Kier alpha value is -3.36. The molecule has 0 saturated carbocycles. The van der Waals surface area contributed by atoms with Crippen LogP contribution in [0.25, 0.3) is 0 Å². The first-order chi connectivity index (χ1) is 33.0. The van der Waals surface area contributed by atoms with Crippen molar-refractivity contribution in [2.45, 2.75) is 132 Å². The Balaban J connectivity index is 0.966. The van der Waals surface area contributed by atoms with Crippen molar-refractivity contribution < 1.29 is 28.7 Å². The van der Waals surface area contributed by atoms with E-state index < -0.39 is 29.0 Å². The molecular weight excluding hydrogens is 949 g/mol. The van der Waals surface area contributed by atoms with Crippen LogP contribution >= 0.6 is 48.0 Å². The lowest BCUT2D eigenvalue weighted by Crippen LogP contribution is -2.57. The topological polar surface area (TPSA) is 179 Å². The maximum atomic E-state index is 14.4. The number of amides is 4. The number of thiocarbonyl (C=S) groups is 2. The largest absolute Gasteiger partial charge is 0.392 e. The van der Waals surface area contributed by atoms with E-state index in [4.69, 9.17) is 39.6 Å². The summed E-state index contributed by atoms with van der Waals surface area (Å²) in [6, 6.07) is 17.1. The van der Waals surface area contributed by atoms with E-state index in [1.54, 1.807) is 23.5 Å². The highest BCUT2D eigenvalue weighted by Crippen LogP contribution is 2.48. The zero-order chi connectivity index (χ0) is 49.7. The number of hydrogen-bond acceptors (Lipinski definition) is 12. The average molecular weight is 1030 g/mol. The molecule has 0 bridgehead atoms. The SMILES string of the molecule is CNCC(=S)N[C@H]1CCS[C@H]2CC(C)(C)[C@@H](C(=O)N[C@H](COCCCCCCOC[C@@H](NC(=O)[C@H]3N4C(=O)CC(C[C@H](NC)C(N)=S)CS[C@H]4CC3(C)C)c3ccccc3)c3ccccc3)N2C1=O. The molecule has 14 nitrogen and oxygen atoms in total. The van der Waals surface area contributed by atoms with Crippen LogP contribution in [0, 0.1) is 16.7 Å². The van der Waals surface area contributed by atoms with Gasteiger partial charge in [0.05, 0.1) is 52.1 Å².